The highest BCUT2D eigenvalue weighted by molar-refractivity contribution is 5.87. The van der Waals surface area contributed by atoms with Crippen molar-refractivity contribution in [2.75, 3.05) is 7.11 Å². The molecule has 0 saturated heterocycles. The second kappa shape index (κ2) is 4.10. The van der Waals surface area contributed by atoms with Crippen LogP contribution in [0.4, 0.5) is 0 Å². The van der Waals surface area contributed by atoms with E-state index in [0.717, 1.165) is 27.9 Å². The van der Waals surface area contributed by atoms with Gasteiger partial charge in [0.05, 0.1) is 12.6 Å². The van der Waals surface area contributed by atoms with E-state index in [1.165, 1.54) is 5.56 Å². The minimum absolute atomic E-state index is 0.464. The lowest BCUT2D eigenvalue weighted by atomic mass is 10.0. The molecule has 1 aromatic carbocycles. The third-order valence-electron chi connectivity index (χ3n) is 2.79. The highest BCUT2D eigenvalue weighted by Gasteiger charge is 2.10. The smallest absolute Gasteiger partial charge is 0.124 e. The lowest BCUT2D eigenvalue weighted by Crippen LogP contribution is -2.03. The summed E-state index contributed by atoms with van der Waals surface area (Å²) in [6.07, 6.45) is 0. The Morgan fingerprint density at radius 3 is 2.69 bits per heavy atom. The van der Waals surface area contributed by atoms with Crippen LogP contribution >= 0.6 is 0 Å². The van der Waals surface area contributed by atoms with Crippen molar-refractivity contribution < 1.29 is 4.74 Å². The predicted molar refractivity (Wildman–Crippen MR) is 65.7 cm³/mol. The first-order valence-corrected chi connectivity index (χ1v) is 5.31. The largest absolute Gasteiger partial charge is 0.496 e. The van der Waals surface area contributed by atoms with Crippen molar-refractivity contribution in [3.05, 3.63) is 35.0 Å². The van der Waals surface area contributed by atoms with E-state index in [0.29, 0.717) is 6.54 Å². The van der Waals surface area contributed by atoms with Crippen LogP contribution in [0.2, 0.25) is 0 Å². The number of hydrogen-bond acceptors (Lipinski definition) is 3. The summed E-state index contributed by atoms with van der Waals surface area (Å²) in [4.78, 5) is 4.51. The fourth-order valence-electron chi connectivity index (χ4n) is 2.15. The first kappa shape index (κ1) is 10.9. The van der Waals surface area contributed by atoms with Gasteiger partial charge in [0.2, 0.25) is 0 Å². The maximum atomic E-state index is 5.79. The number of rotatable bonds is 2. The van der Waals surface area contributed by atoms with Crippen LogP contribution in [0.15, 0.2) is 18.2 Å². The zero-order valence-corrected chi connectivity index (χ0v) is 9.87. The Kier molecular flexibility index (Phi) is 2.79. The Morgan fingerprint density at radius 2 is 2.06 bits per heavy atom. The van der Waals surface area contributed by atoms with E-state index in [2.05, 4.69) is 18.0 Å². The van der Waals surface area contributed by atoms with Crippen molar-refractivity contribution in [1.82, 2.24) is 4.98 Å². The van der Waals surface area contributed by atoms with Crippen LogP contribution in [0.1, 0.15) is 16.8 Å². The molecule has 0 radical (unpaired) electrons. The quantitative estimate of drug-likeness (QED) is 0.838. The molecular weight excluding hydrogens is 200 g/mol. The molecule has 3 heteroatoms. The van der Waals surface area contributed by atoms with Crippen molar-refractivity contribution in [2.24, 2.45) is 5.73 Å². The summed E-state index contributed by atoms with van der Waals surface area (Å²) >= 11 is 0. The van der Waals surface area contributed by atoms with Gasteiger partial charge in [0, 0.05) is 23.2 Å². The molecule has 1 aromatic heterocycles. The van der Waals surface area contributed by atoms with Gasteiger partial charge in [-0.3, -0.25) is 4.98 Å². The minimum atomic E-state index is 0.464. The summed E-state index contributed by atoms with van der Waals surface area (Å²) < 4.78 is 5.32. The SMILES string of the molecule is COc1ccc2nc(C)cc(C)c2c1CN. The summed E-state index contributed by atoms with van der Waals surface area (Å²) in [7, 11) is 1.66. The van der Waals surface area contributed by atoms with Crippen LogP contribution in [0.5, 0.6) is 5.75 Å². The Morgan fingerprint density at radius 1 is 1.31 bits per heavy atom. The molecule has 2 rings (SSSR count). The average Bonchev–Trinajstić information content (AvgIpc) is 2.27. The summed E-state index contributed by atoms with van der Waals surface area (Å²) in [6.45, 7) is 4.54. The van der Waals surface area contributed by atoms with Gasteiger partial charge in [0.1, 0.15) is 5.75 Å². The molecule has 0 spiro atoms. The molecule has 0 aliphatic rings. The van der Waals surface area contributed by atoms with E-state index in [1.54, 1.807) is 7.11 Å². The summed E-state index contributed by atoms with van der Waals surface area (Å²) in [5.74, 6) is 0.837. The number of nitrogens with zero attached hydrogens (tertiary/aromatic N) is 1. The molecule has 0 saturated carbocycles. The van der Waals surface area contributed by atoms with E-state index < -0.39 is 0 Å². The average molecular weight is 216 g/mol. The number of pyridine rings is 1. The highest BCUT2D eigenvalue weighted by Crippen LogP contribution is 2.29. The molecule has 0 aliphatic carbocycles. The van der Waals surface area contributed by atoms with Crippen molar-refractivity contribution in [2.45, 2.75) is 20.4 Å². The molecular formula is C13H16N2O. The monoisotopic (exact) mass is 216 g/mol. The maximum Gasteiger partial charge on any atom is 0.124 e. The lowest BCUT2D eigenvalue weighted by Gasteiger charge is -2.12. The normalized spacial score (nSPS) is 10.8. The van der Waals surface area contributed by atoms with Crippen LogP contribution < -0.4 is 10.5 Å². The first-order chi connectivity index (χ1) is 7.67. The van der Waals surface area contributed by atoms with Gasteiger partial charge in [-0.25, -0.2) is 0 Å². The van der Waals surface area contributed by atoms with Crippen molar-refractivity contribution in [3.8, 4) is 5.75 Å². The standard InChI is InChI=1S/C13H16N2O/c1-8-6-9(2)15-11-4-5-12(16-3)10(7-14)13(8)11/h4-6H,7,14H2,1-3H3. The fourth-order valence-corrected chi connectivity index (χ4v) is 2.15. The zero-order chi connectivity index (χ0) is 11.7. The van der Waals surface area contributed by atoms with Gasteiger partial charge >= 0.3 is 0 Å². The van der Waals surface area contributed by atoms with Crippen molar-refractivity contribution >= 4 is 10.9 Å². The second-order valence-electron chi connectivity index (χ2n) is 3.93. The molecule has 3 nitrogen and oxygen atoms in total. The van der Waals surface area contributed by atoms with E-state index in [4.69, 9.17) is 10.5 Å². The molecule has 0 atom stereocenters. The van der Waals surface area contributed by atoms with Gasteiger partial charge in [-0.05, 0) is 37.6 Å². The number of aromatic nitrogens is 1. The van der Waals surface area contributed by atoms with E-state index >= 15 is 0 Å². The third-order valence-corrected chi connectivity index (χ3v) is 2.79. The molecule has 0 aliphatic heterocycles. The summed E-state index contributed by atoms with van der Waals surface area (Å²) in [6, 6.07) is 5.98. The van der Waals surface area contributed by atoms with Gasteiger partial charge in [-0.2, -0.15) is 0 Å². The third kappa shape index (κ3) is 1.63. The molecule has 84 valence electrons. The molecule has 1 heterocycles. The Labute approximate surface area is 95.2 Å². The summed E-state index contributed by atoms with van der Waals surface area (Å²) in [5, 5.41) is 1.12. The van der Waals surface area contributed by atoms with Crippen molar-refractivity contribution in [1.29, 1.82) is 0 Å². The summed E-state index contributed by atoms with van der Waals surface area (Å²) in [5.41, 5.74) is 10.0. The van der Waals surface area contributed by atoms with Crippen LogP contribution in [0, 0.1) is 13.8 Å². The van der Waals surface area contributed by atoms with Crippen LogP contribution in [-0.2, 0) is 6.54 Å². The van der Waals surface area contributed by atoms with Gasteiger partial charge < -0.3 is 10.5 Å². The Balaban J connectivity index is 2.86. The number of fused-ring (bicyclic) bond motifs is 1. The molecule has 16 heavy (non-hydrogen) atoms. The molecule has 0 unspecified atom stereocenters. The van der Waals surface area contributed by atoms with Crippen molar-refractivity contribution in [3.63, 3.8) is 0 Å². The van der Waals surface area contributed by atoms with E-state index in [1.807, 2.05) is 19.1 Å². The van der Waals surface area contributed by atoms with Gasteiger partial charge in [-0.15, -0.1) is 0 Å². The number of nitrogens with two attached hydrogens (primary N) is 1. The number of aryl methyl sites for hydroxylation is 2. The van der Waals surface area contributed by atoms with E-state index in [-0.39, 0.29) is 0 Å². The maximum absolute atomic E-state index is 5.79. The molecule has 0 fully saturated rings. The number of methoxy groups -OCH3 is 1. The first-order valence-electron chi connectivity index (χ1n) is 5.31. The van der Waals surface area contributed by atoms with Crippen LogP contribution in [0.3, 0.4) is 0 Å². The Hall–Kier alpha value is -1.61. The molecule has 0 amide bonds. The minimum Gasteiger partial charge on any atom is -0.496 e. The topological polar surface area (TPSA) is 48.1 Å². The molecule has 2 N–H and O–H groups in total. The molecule has 2 aromatic rings. The van der Waals surface area contributed by atoms with Gasteiger partial charge in [0.15, 0.2) is 0 Å². The zero-order valence-electron chi connectivity index (χ0n) is 9.87. The number of benzene rings is 1. The lowest BCUT2D eigenvalue weighted by molar-refractivity contribution is 0.410. The number of hydrogen-bond donors (Lipinski definition) is 1. The second-order valence-corrected chi connectivity index (χ2v) is 3.93. The van der Waals surface area contributed by atoms with E-state index in [9.17, 15) is 0 Å². The van der Waals surface area contributed by atoms with Crippen LogP contribution in [0.25, 0.3) is 10.9 Å². The van der Waals surface area contributed by atoms with Gasteiger partial charge in [0.25, 0.3) is 0 Å². The fraction of sp³-hybridized carbons (Fsp3) is 0.308. The van der Waals surface area contributed by atoms with Gasteiger partial charge in [-0.1, -0.05) is 0 Å². The predicted octanol–water partition coefficient (Wildman–Crippen LogP) is 2.32. The number of ether oxygens (including phenoxy) is 1. The molecule has 0 bridgehead atoms. The Bertz CT molecular complexity index is 535. The van der Waals surface area contributed by atoms with Crippen LogP contribution in [-0.4, -0.2) is 12.1 Å². The highest BCUT2D eigenvalue weighted by atomic mass is 16.5.